The zero-order valence-electron chi connectivity index (χ0n) is 11.8. The van der Waals surface area contributed by atoms with Crippen molar-refractivity contribution in [2.24, 2.45) is 0 Å². The first kappa shape index (κ1) is 15.0. The van der Waals surface area contributed by atoms with Gasteiger partial charge in [-0.05, 0) is 32.3 Å². The number of aliphatic carboxylic acids is 1. The molecule has 0 aromatic carbocycles. The number of methoxy groups -OCH3 is 1. The monoisotopic (exact) mass is 296 g/mol. The molecule has 1 aromatic heterocycles. The summed E-state index contributed by atoms with van der Waals surface area (Å²) in [6.45, 7) is 3.63. The number of carbonyl (C=O) groups is 1. The minimum absolute atomic E-state index is 0.401. The molecule has 110 valence electrons. The molecule has 0 aliphatic carbocycles. The Kier molecular flexibility index (Phi) is 5.14. The fourth-order valence-corrected chi connectivity index (χ4v) is 3.47. The molecule has 20 heavy (non-hydrogen) atoms. The van der Waals surface area contributed by atoms with Gasteiger partial charge in [0.25, 0.3) is 0 Å². The lowest BCUT2D eigenvalue weighted by molar-refractivity contribution is -0.131. The van der Waals surface area contributed by atoms with Gasteiger partial charge >= 0.3 is 5.97 Å². The Morgan fingerprint density at radius 2 is 2.40 bits per heavy atom. The average molecular weight is 296 g/mol. The highest BCUT2D eigenvalue weighted by Gasteiger charge is 2.22. The molecule has 5 nitrogen and oxygen atoms in total. The van der Waals surface area contributed by atoms with Crippen LogP contribution in [0.15, 0.2) is 6.08 Å². The van der Waals surface area contributed by atoms with Crippen LogP contribution in [-0.4, -0.2) is 35.8 Å². The van der Waals surface area contributed by atoms with Gasteiger partial charge in [0.15, 0.2) is 5.13 Å². The maximum Gasteiger partial charge on any atom is 0.328 e. The van der Waals surface area contributed by atoms with E-state index < -0.39 is 5.97 Å². The third-order valence-electron chi connectivity index (χ3n) is 3.42. The van der Waals surface area contributed by atoms with Crippen molar-refractivity contribution in [3.63, 3.8) is 0 Å². The summed E-state index contributed by atoms with van der Waals surface area (Å²) in [5.74, 6) is -0.949. The number of carboxylic acid groups (broad SMARTS) is 1. The summed E-state index contributed by atoms with van der Waals surface area (Å²) >= 11 is 1.54. The molecule has 1 atom stereocenters. The first-order chi connectivity index (χ1) is 9.61. The number of hydrogen-bond acceptors (Lipinski definition) is 5. The van der Waals surface area contributed by atoms with E-state index in [1.165, 1.54) is 30.6 Å². The largest absolute Gasteiger partial charge is 0.478 e. The number of rotatable bonds is 5. The summed E-state index contributed by atoms with van der Waals surface area (Å²) in [4.78, 5) is 18.5. The fourth-order valence-electron chi connectivity index (χ4n) is 2.37. The van der Waals surface area contributed by atoms with Crippen LogP contribution in [0.3, 0.4) is 0 Å². The molecular weight excluding hydrogens is 276 g/mol. The first-order valence-corrected chi connectivity index (χ1v) is 7.59. The number of anilines is 1. The van der Waals surface area contributed by atoms with Gasteiger partial charge in [-0.2, -0.15) is 0 Å². The van der Waals surface area contributed by atoms with Crippen molar-refractivity contribution in [3.8, 4) is 0 Å². The molecule has 0 bridgehead atoms. The quantitative estimate of drug-likeness (QED) is 0.847. The minimum Gasteiger partial charge on any atom is -0.478 e. The molecule has 1 N–H and O–H groups in total. The first-order valence-electron chi connectivity index (χ1n) is 6.78. The van der Waals surface area contributed by atoms with Crippen molar-refractivity contribution in [2.75, 3.05) is 18.6 Å². The number of piperidine rings is 1. The van der Waals surface area contributed by atoms with Crippen molar-refractivity contribution in [2.45, 2.75) is 38.8 Å². The standard InChI is InChI=1S/C14H20N2O3S/c1-10-5-3-4-8-16(10)14-15-11(9-19-2)12(20-14)6-7-13(17)18/h6-7,10H,3-5,8-9H2,1-2H3,(H,17,18)/b7-6+. The summed E-state index contributed by atoms with van der Waals surface area (Å²) in [5.41, 5.74) is 0.808. The number of nitrogens with zero attached hydrogens (tertiary/aromatic N) is 2. The Morgan fingerprint density at radius 1 is 1.60 bits per heavy atom. The van der Waals surface area contributed by atoms with Crippen LogP contribution in [0.2, 0.25) is 0 Å². The summed E-state index contributed by atoms with van der Waals surface area (Å²) in [6.07, 6.45) is 6.38. The third kappa shape index (κ3) is 3.58. The summed E-state index contributed by atoms with van der Waals surface area (Å²) in [5, 5.41) is 9.72. The van der Waals surface area contributed by atoms with E-state index in [9.17, 15) is 4.79 Å². The van der Waals surface area contributed by atoms with Crippen LogP contribution in [0, 0.1) is 0 Å². The number of ether oxygens (including phenoxy) is 1. The highest BCUT2D eigenvalue weighted by Crippen LogP contribution is 2.32. The molecule has 1 aliphatic heterocycles. The Bertz CT molecular complexity index is 499. The summed E-state index contributed by atoms with van der Waals surface area (Å²) in [7, 11) is 1.62. The van der Waals surface area contributed by atoms with Gasteiger partial charge in [-0.15, -0.1) is 0 Å². The predicted octanol–water partition coefficient (Wildman–Crippen LogP) is 2.77. The average Bonchev–Trinajstić information content (AvgIpc) is 2.80. The molecule has 1 aliphatic rings. The summed E-state index contributed by atoms with van der Waals surface area (Å²) < 4.78 is 5.15. The van der Waals surface area contributed by atoms with Gasteiger partial charge in [0, 0.05) is 25.8 Å². The molecular formula is C14H20N2O3S. The fraction of sp³-hybridized carbons (Fsp3) is 0.571. The van der Waals surface area contributed by atoms with Crippen LogP contribution in [0.4, 0.5) is 5.13 Å². The highest BCUT2D eigenvalue weighted by atomic mass is 32.1. The normalized spacial score (nSPS) is 19.7. The minimum atomic E-state index is -0.949. The number of thiazole rings is 1. The van der Waals surface area contributed by atoms with Crippen LogP contribution in [0.1, 0.15) is 36.8 Å². The third-order valence-corrected chi connectivity index (χ3v) is 4.52. The molecule has 6 heteroatoms. The van der Waals surface area contributed by atoms with Crippen LogP contribution < -0.4 is 4.90 Å². The van der Waals surface area contributed by atoms with Crippen LogP contribution in [0.25, 0.3) is 6.08 Å². The summed E-state index contributed by atoms with van der Waals surface area (Å²) in [6, 6.07) is 0.488. The molecule has 0 amide bonds. The Labute approximate surface area is 122 Å². The van der Waals surface area contributed by atoms with Crippen LogP contribution in [-0.2, 0) is 16.1 Å². The molecule has 0 spiro atoms. The number of carboxylic acids is 1. The SMILES string of the molecule is COCc1nc(N2CCCCC2C)sc1/C=C/C(=O)O. The van der Waals surface area contributed by atoms with E-state index >= 15 is 0 Å². The lowest BCUT2D eigenvalue weighted by atomic mass is 10.1. The molecule has 2 rings (SSSR count). The zero-order valence-corrected chi connectivity index (χ0v) is 12.7. The molecule has 0 saturated carbocycles. The van der Waals surface area contributed by atoms with Crippen molar-refractivity contribution in [1.82, 2.24) is 4.98 Å². The topological polar surface area (TPSA) is 62.7 Å². The number of aromatic nitrogens is 1. The lowest BCUT2D eigenvalue weighted by Gasteiger charge is -2.33. The Hall–Kier alpha value is -1.40. The second kappa shape index (κ2) is 6.85. The lowest BCUT2D eigenvalue weighted by Crippen LogP contribution is -2.37. The van der Waals surface area contributed by atoms with E-state index in [-0.39, 0.29) is 0 Å². The highest BCUT2D eigenvalue weighted by molar-refractivity contribution is 7.16. The van der Waals surface area contributed by atoms with Gasteiger partial charge in [0.05, 0.1) is 17.2 Å². The van der Waals surface area contributed by atoms with Gasteiger partial charge < -0.3 is 14.7 Å². The molecule has 1 unspecified atom stereocenters. The maximum atomic E-state index is 10.7. The van der Waals surface area contributed by atoms with E-state index in [2.05, 4.69) is 16.8 Å². The van der Waals surface area contributed by atoms with E-state index in [4.69, 9.17) is 9.84 Å². The second-order valence-corrected chi connectivity index (χ2v) is 5.96. The van der Waals surface area contributed by atoms with Gasteiger partial charge in [0.1, 0.15) is 0 Å². The van der Waals surface area contributed by atoms with Gasteiger partial charge in [-0.1, -0.05) is 11.3 Å². The van der Waals surface area contributed by atoms with Crippen molar-refractivity contribution >= 4 is 28.5 Å². The molecule has 0 radical (unpaired) electrons. The van der Waals surface area contributed by atoms with Crippen molar-refractivity contribution in [1.29, 1.82) is 0 Å². The van der Waals surface area contributed by atoms with Gasteiger partial charge in [-0.3, -0.25) is 0 Å². The maximum absolute atomic E-state index is 10.7. The Morgan fingerprint density at radius 3 is 3.05 bits per heavy atom. The van der Waals surface area contributed by atoms with Crippen molar-refractivity contribution in [3.05, 3.63) is 16.6 Å². The predicted molar refractivity (Wildman–Crippen MR) is 80.2 cm³/mol. The zero-order chi connectivity index (χ0) is 14.5. The van der Waals surface area contributed by atoms with E-state index in [1.54, 1.807) is 13.2 Å². The molecule has 2 heterocycles. The second-order valence-electron chi connectivity index (χ2n) is 4.95. The molecule has 1 aromatic rings. The van der Waals surface area contributed by atoms with E-state index in [0.29, 0.717) is 12.6 Å². The smallest absolute Gasteiger partial charge is 0.328 e. The van der Waals surface area contributed by atoms with Crippen molar-refractivity contribution < 1.29 is 14.6 Å². The van der Waals surface area contributed by atoms with Crippen LogP contribution >= 0.6 is 11.3 Å². The van der Waals surface area contributed by atoms with Crippen LogP contribution in [0.5, 0.6) is 0 Å². The van der Waals surface area contributed by atoms with Gasteiger partial charge in [0.2, 0.25) is 0 Å². The van der Waals surface area contributed by atoms with E-state index in [1.807, 2.05) is 0 Å². The van der Waals surface area contributed by atoms with E-state index in [0.717, 1.165) is 28.3 Å². The molecule has 1 saturated heterocycles. The number of hydrogen-bond donors (Lipinski definition) is 1. The Balaban J connectivity index is 2.25. The van der Waals surface area contributed by atoms with Gasteiger partial charge in [-0.25, -0.2) is 9.78 Å². The molecule has 1 fully saturated rings.